The van der Waals surface area contributed by atoms with Crippen molar-refractivity contribution in [2.75, 3.05) is 6.61 Å². The highest BCUT2D eigenvalue weighted by Gasteiger charge is 2.12. The van der Waals surface area contributed by atoms with Gasteiger partial charge in [0.25, 0.3) is 0 Å². The monoisotopic (exact) mass is 324 g/mol. The summed E-state index contributed by atoms with van der Waals surface area (Å²) in [6, 6.07) is 13.5. The molecule has 3 nitrogen and oxygen atoms in total. The maximum Gasteiger partial charge on any atom is 0.336 e. The number of rotatable bonds is 7. The van der Waals surface area contributed by atoms with Crippen molar-refractivity contribution < 1.29 is 14.6 Å². The van der Waals surface area contributed by atoms with E-state index in [-0.39, 0.29) is 5.57 Å². The molecule has 0 spiro atoms. The van der Waals surface area contributed by atoms with Crippen molar-refractivity contribution in [3.8, 4) is 5.75 Å². The van der Waals surface area contributed by atoms with E-state index in [1.807, 2.05) is 43.3 Å². The van der Waals surface area contributed by atoms with Crippen LogP contribution < -0.4 is 4.74 Å². The molecule has 3 heteroatoms. The van der Waals surface area contributed by atoms with E-state index in [0.29, 0.717) is 12.2 Å². The average Bonchev–Trinajstić information content (AvgIpc) is 2.59. The highest BCUT2D eigenvalue weighted by molar-refractivity contribution is 6.20. The largest absolute Gasteiger partial charge is 0.493 e. The molecule has 2 aromatic carbocycles. The molecule has 0 fully saturated rings. The Kier molecular flexibility index (Phi) is 6.19. The molecule has 0 aliphatic carbocycles. The normalized spacial score (nSPS) is 11.4. The topological polar surface area (TPSA) is 46.5 Å². The molecular weight excluding hydrogens is 300 g/mol. The van der Waals surface area contributed by atoms with Crippen LogP contribution in [-0.2, 0) is 11.2 Å². The molecule has 0 aromatic heterocycles. The Labute approximate surface area is 143 Å². The van der Waals surface area contributed by atoms with Gasteiger partial charge in [-0.1, -0.05) is 44.2 Å². The number of aryl methyl sites for hydroxylation is 2. The fourth-order valence-electron chi connectivity index (χ4n) is 2.48. The predicted molar refractivity (Wildman–Crippen MR) is 98.3 cm³/mol. The maximum atomic E-state index is 11.7. The lowest BCUT2D eigenvalue weighted by molar-refractivity contribution is -0.130. The van der Waals surface area contributed by atoms with E-state index < -0.39 is 5.97 Å². The smallest absolute Gasteiger partial charge is 0.336 e. The SMILES string of the molecule is CCCOc1ccc(/C(=C/c2ccc(CC)cc2)C(=O)O)cc1C. The second kappa shape index (κ2) is 8.34. The van der Waals surface area contributed by atoms with Gasteiger partial charge in [-0.25, -0.2) is 4.79 Å². The van der Waals surface area contributed by atoms with Gasteiger partial charge < -0.3 is 9.84 Å². The van der Waals surface area contributed by atoms with E-state index in [1.54, 1.807) is 12.1 Å². The predicted octanol–water partition coefficient (Wildman–Crippen LogP) is 4.97. The van der Waals surface area contributed by atoms with Crippen LogP contribution in [-0.4, -0.2) is 17.7 Å². The van der Waals surface area contributed by atoms with E-state index in [1.165, 1.54) is 5.56 Å². The number of carboxylic acid groups (broad SMARTS) is 1. The lowest BCUT2D eigenvalue weighted by Crippen LogP contribution is -2.02. The summed E-state index contributed by atoms with van der Waals surface area (Å²) in [5, 5.41) is 9.59. The second-order valence-electron chi connectivity index (χ2n) is 5.79. The lowest BCUT2D eigenvalue weighted by atomic mass is 10.00. The van der Waals surface area contributed by atoms with E-state index in [2.05, 4.69) is 13.8 Å². The third kappa shape index (κ3) is 4.48. The Bertz CT molecular complexity index is 727. The quantitative estimate of drug-likeness (QED) is 0.577. The molecule has 0 radical (unpaired) electrons. The third-order valence-electron chi connectivity index (χ3n) is 3.88. The summed E-state index contributed by atoms with van der Waals surface area (Å²) < 4.78 is 5.66. The highest BCUT2D eigenvalue weighted by Crippen LogP contribution is 2.25. The van der Waals surface area contributed by atoms with Gasteiger partial charge in [0.1, 0.15) is 5.75 Å². The van der Waals surface area contributed by atoms with Crippen LogP contribution in [0.5, 0.6) is 5.75 Å². The summed E-state index contributed by atoms with van der Waals surface area (Å²) in [6.45, 7) is 6.74. The average molecular weight is 324 g/mol. The molecule has 0 amide bonds. The number of ether oxygens (including phenoxy) is 1. The van der Waals surface area contributed by atoms with Gasteiger partial charge in [-0.15, -0.1) is 0 Å². The third-order valence-corrected chi connectivity index (χ3v) is 3.88. The first-order valence-electron chi connectivity index (χ1n) is 8.33. The summed E-state index contributed by atoms with van der Waals surface area (Å²) in [6.07, 6.45) is 3.62. The molecule has 0 atom stereocenters. The van der Waals surface area contributed by atoms with Gasteiger partial charge in [-0.3, -0.25) is 0 Å². The number of carboxylic acids is 1. The zero-order chi connectivity index (χ0) is 17.5. The number of hydrogen-bond donors (Lipinski definition) is 1. The van der Waals surface area contributed by atoms with Crippen molar-refractivity contribution in [1.29, 1.82) is 0 Å². The molecule has 0 heterocycles. The molecule has 0 bridgehead atoms. The van der Waals surface area contributed by atoms with Crippen molar-refractivity contribution in [2.45, 2.75) is 33.6 Å². The fraction of sp³-hybridized carbons (Fsp3) is 0.286. The van der Waals surface area contributed by atoms with Gasteiger partial charge in [0.05, 0.1) is 12.2 Å². The number of benzene rings is 2. The molecule has 24 heavy (non-hydrogen) atoms. The van der Waals surface area contributed by atoms with Crippen molar-refractivity contribution in [2.24, 2.45) is 0 Å². The molecule has 126 valence electrons. The van der Waals surface area contributed by atoms with Gasteiger partial charge in [0, 0.05) is 0 Å². The zero-order valence-corrected chi connectivity index (χ0v) is 14.5. The minimum Gasteiger partial charge on any atom is -0.493 e. The van der Waals surface area contributed by atoms with Crippen molar-refractivity contribution in [3.05, 3.63) is 64.7 Å². The first-order valence-corrected chi connectivity index (χ1v) is 8.33. The van der Waals surface area contributed by atoms with Gasteiger partial charge in [0.2, 0.25) is 0 Å². The Morgan fingerprint density at radius 1 is 1.12 bits per heavy atom. The molecule has 2 rings (SSSR count). The number of hydrogen-bond acceptors (Lipinski definition) is 2. The molecule has 0 aliphatic heterocycles. The highest BCUT2D eigenvalue weighted by atomic mass is 16.5. The lowest BCUT2D eigenvalue weighted by Gasteiger charge is -2.10. The summed E-state index contributed by atoms with van der Waals surface area (Å²) in [5.74, 6) is -0.131. The van der Waals surface area contributed by atoms with Gasteiger partial charge in [-0.05, 0) is 60.2 Å². The Morgan fingerprint density at radius 3 is 2.38 bits per heavy atom. The number of carbonyl (C=O) groups is 1. The van der Waals surface area contributed by atoms with Crippen LogP contribution in [0.15, 0.2) is 42.5 Å². The Hall–Kier alpha value is -2.55. The van der Waals surface area contributed by atoms with Gasteiger partial charge in [0.15, 0.2) is 0 Å². The Balaban J connectivity index is 2.34. The fourth-order valence-corrected chi connectivity index (χ4v) is 2.48. The first-order chi connectivity index (χ1) is 11.5. The van der Waals surface area contributed by atoms with E-state index >= 15 is 0 Å². The summed E-state index contributed by atoms with van der Waals surface area (Å²) >= 11 is 0. The standard InChI is InChI=1S/C21H24O3/c1-4-12-24-20-11-10-18(13-15(20)3)19(21(22)23)14-17-8-6-16(5-2)7-9-17/h6-11,13-14H,4-5,12H2,1-3H3,(H,22,23)/b19-14-. The van der Waals surface area contributed by atoms with Gasteiger partial charge in [-0.2, -0.15) is 0 Å². The zero-order valence-electron chi connectivity index (χ0n) is 14.5. The van der Waals surface area contributed by atoms with Crippen LogP contribution in [0.3, 0.4) is 0 Å². The minimum absolute atomic E-state index is 0.282. The van der Waals surface area contributed by atoms with Gasteiger partial charge >= 0.3 is 5.97 Å². The molecule has 2 aromatic rings. The van der Waals surface area contributed by atoms with Crippen LogP contribution in [0, 0.1) is 6.92 Å². The second-order valence-corrected chi connectivity index (χ2v) is 5.79. The summed E-state index contributed by atoms with van der Waals surface area (Å²) in [5.41, 5.74) is 4.02. The van der Waals surface area contributed by atoms with Crippen LogP contribution in [0.25, 0.3) is 11.6 Å². The van der Waals surface area contributed by atoms with Crippen LogP contribution in [0.4, 0.5) is 0 Å². The molecule has 0 saturated heterocycles. The van der Waals surface area contributed by atoms with Crippen LogP contribution >= 0.6 is 0 Å². The molecule has 1 N–H and O–H groups in total. The Morgan fingerprint density at radius 2 is 1.83 bits per heavy atom. The van der Waals surface area contributed by atoms with Crippen molar-refractivity contribution in [3.63, 3.8) is 0 Å². The van der Waals surface area contributed by atoms with E-state index in [0.717, 1.165) is 29.7 Å². The molecule has 0 saturated carbocycles. The molecular formula is C21H24O3. The molecule has 0 aliphatic rings. The van der Waals surface area contributed by atoms with Crippen LogP contribution in [0.1, 0.15) is 42.5 Å². The number of aliphatic carboxylic acids is 1. The maximum absolute atomic E-state index is 11.7. The van der Waals surface area contributed by atoms with Crippen molar-refractivity contribution >= 4 is 17.6 Å². The minimum atomic E-state index is -0.934. The summed E-state index contributed by atoms with van der Waals surface area (Å²) in [7, 11) is 0. The van der Waals surface area contributed by atoms with Crippen LogP contribution in [0.2, 0.25) is 0 Å². The first kappa shape index (κ1) is 17.8. The molecule has 0 unspecified atom stereocenters. The van der Waals surface area contributed by atoms with Crippen molar-refractivity contribution in [1.82, 2.24) is 0 Å². The summed E-state index contributed by atoms with van der Waals surface area (Å²) in [4.78, 5) is 11.7. The van der Waals surface area contributed by atoms with E-state index in [9.17, 15) is 9.90 Å². The van der Waals surface area contributed by atoms with E-state index in [4.69, 9.17) is 4.74 Å².